The highest BCUT2D eigenvalue weighted by Crippen LogP contribution is 2.16. The second-order valence-corrected chi connectivity index (χ2v) is 5.16. The summed E-state index contributed by atoms with van der Waals surface area (Å²) >= 11 is 0. The molecule has 8 nitrogen and oxygen atoms in total. The monoisotopic (exact) mass is 335 g/mol. The van der Waals surface area contributed by atoms with E-state index < -0.39 is 10.8 Å². The third-order valence-corrected chi connectivity index (χ3v) is 3.49. The van der Waals surface area contributed by atoms with Crippen LogP contribution in [0.2, 0.25) is 0 Å². The minimum atomic E-state index is -0.532. The number of pyridine rings is 1. The quantitative estimate of drug-likeness (QED) is 0.430. The fourth-order valence-electron chi connectivity index (χ4n) is 2.21. The molecule has 1 amide bonds. The van der Waals surface area contributed by atoms with Gasteiger partial charge in [0.05, 0.1) is 16.7 Å². The van der Waals surface area contributed by atoms with Gasteiger partial charge in [-0.2, -0.15) is 5.10 Å². The number of hydrogen-bond donors (Lipinski definition) is 2. The Kier molecular flexibility index (Phi) is 4.34. The topological polar surface area (TPSA) is 124 Å². The summed E-state index contributed by atoms with van der Waals surface area (Å²) in [6.45, 7) is 0. The van der Waals surface area contributed by atoms with Gasteiger partial charge in [0.2, 0.25) is 0 Å². The Morgan fingerprint density at radius 1 is 1.20 bits per heavy atom. The van der Waals surface area contributed by atoms with Crippen LogP contribution in [0.5, 0.6) is 0 Å². The number of para-hydroxylation sites is 1. The summed E-state index contributed by atoms with van der Waals surface area (Å²) in [5, 5.41) is 15.4. The van der Waals surface area contributed by atoms with Crippen molar-refractivity contribution < 1.29 is 9.72 Å². The summed E-state index contributed by atoms with van der Waals surface area (Å²) in [7, 11) is 0. The zero-order valence-electron chi connectivity index (χ0n) is 12.9. The first-order valence-electron chi connectivity index (χ1n) is 7.28. The number of anilines is 1. The number of benzene rings is 2. The first kappa shape index (κ1) is 16.1. The molecule has 0 spiro atoms. The number of nitrogens with one attached hydrogen (secondary N) is 1. The number of nitrogens with zero attached hydrogens (tertiary/aromatic N) is 3. The maximum absolute atomic E-state index is 12.0. The maximum atomic E-state index is 12.0. The van der Waals surface area contributed by atoms with Gasteiger partial charge in [-0.15, -0.1) is 0 Å². The van der Waals surface area contributed by atoms with Gasteiger partial charge < -0.3 is 5.73 Å². The molecule has 124 valence electrons. The normalized spacial score (nSPS) is 10.9. The lowest BCUT2D eigenvalue weighted by molar-refractivity contribution is -0.384. The average molecular weight is 335 g/mol. The van der Waals surface area contributed by atoms with Crippen molar-refractivity contribution in [3.8, 4) is 0 Å². The Morgan fingerprint density at radius 2 is 1.92 bits per heavy atom. The third kappa shape index (κ3) is 3.58. The highest BCUT2D eigenvalue weighted by atomic mass is 16.6. The molecule has 3 rings (SSSR count). The summed E-state index contributed by atoms with van der Waals surface area (Å²) in [5.74, 6) is -0.189. The molecule has 0 saturated heterocycles. The molecule has 1 heterocycles. The fourth-order valence-corrected chi connectivity index (χ4v) is 2.21. The number of rotatable bonds is 4. The number of nitro benzene ring substituents is 1. The van der Waals surface area contributed by atoms with Crippen LogP contribution in [-0.2, 0) is 0 Å². The van der Waals surface area contributed by atoms with Crippen LogP contribution in [0, 0.1) is 10.1 Å². The zero-order chi connectivity index (χ0) is 17.8. The van der Waals surface area contributed by atoms with Crippen LogP contribution in [0.4, 0.5) is 11.5 Å². The van der Waals surface area contributed by atoms with Crippen LogP contribution in [-0.4, -0.2) is 22.0 Å². The van der Waals surface area contributed by atoms with Crippen molar-refractivity contribution >= 4 is 34.5 Å². The van der Waals surface area contributed by atoms with Gasteiger partial charge in [0.1, 0.15) is 5.82 Å². The SMILES string of the molecule is Nc1nc2ccccc2cc1/C=N/NC(=O)c1ccc([N+](=O)[O-])cc1. The fraction of sp³-hybridized carbons (Fsp3) is 0. The number of amides is 1. The summed E-state index contributed by atoms with van der Waals surface area (Å²) < 4.78 is 0. The molecule has 0 atom stereocenters. The lowest BCUT2D eigenvalue weighted by Crippen LogP contribution is -2.17. The van der Waals surface area contributed by atoms with Crippen molar-refractivity contribution in [1.82, 2.24) is 10.4 Å². The predicted molar refractivity (Wildman–Crippen MR) is 94.3 cm³/mol. The van der Waals surface area contributed by atoms with Gasteiger partial charge in [-0.1, -0.05) is 18.2 Å². The number of carbonyl (C=O) groups excluding carboxylic acids is 1. The smallest absolute Gasteiger partial charge is 0.271 e. The van der Waals surface area contributed by atoms with E-state index in [0.29, 0.717) is 11.4 Å². The number of hydrazone groups is 1. The van der Waals surface area contributed by atoms with Gasteiger partial charge in [-0.3, -0.25) is 14.9 Å². The molecule has 0 aliphatic heterocycles. The summed E-state index contributed by atoms with van der Waals surface area (Å²) in [6, 6.07) is 14.5. The molecule has 1 aromatic heterocycles. The lowest BCUT2D eigenvalue weighted by Gasteiger charge is -2.03. The van der Waals surface area contributed by atoms with Crippen LogP contribution < -0.4 is 11.2 Å². The van der Waals surface area contributed by atoms with Crippen molar-refractivity contribution in [2.24, 2.45) is 5.10 Å². The van der Waals surface area contributed by atoms with Crippen LogP contribution in [0.1, 0.15) is 15.9 Å². The summed E-state index contributed by atoms with van der Waals surface area (Å²) in [5.41, 5.74) is 9.74. The second-order valence-electron chi connectivity index (χ2n) is 5.16. The highest BCUT2D eigenvalue weighted by molar-refractivity contribution is 5.96. The molecule has 2 aromatic carbocycles. The maximum Gasteiger partial charge on any atom is 0.271 e. The van der Waals surface area contributed by atoms with E-state index in [-0.39, 0.29) is 11.3 Å². The third-order valence-electron chi connectivity index (χ3n) is 3.49. The molecular formula is C17H13N5O3. The molecule has 25 heavy (non-hydrogen) atoms. The van der Waals surface area contributed by atoms with E-state index in [9.17, 15) is 14.9 Å². The standard InChI is InChI=1S/C17H13N5O3/c18-16-13(9-12-3-1-2-4-15(12)20-16)10-19-21-17(23)11-5-7-14(8-6-11)22(24)25/h1-10H,(H2,18,20)(H,21,23)/b19-10+. The Hall–Kier alpha value is -3.81. The minimum Gasteiger partial charge on any atom is -0.383 e. The molecular weight excluding hydrogens is 322 g/mol. The zero-order valence-corrected chi connectivity index (χ0v) is 12.9. The number of nitrogen functional groups attached to an aromatic ring is 1. The number of nitrogens with two attached hydrogens (primary N) is 1. The van der Waals surface area contributed by atoms with Gasteiger partial charge in [0, 0.05) is 28.6 Å². The number of carbonyl (C=O) groups is 1. The molecule has 3 aromatic rings. The summed E-state index contributed by atoms with van der Waals surface area (Å²) in [4.78, 5) is 26.3. The lowest BCUT2D eigenvalue weighted by atomic mass is 10.1. The summed E-state index contributed by atoms with van der Waals surface area (Å²) in [6.07, 6.45) is 1.40. The number of aromatic nitrogens is 1. The van der Waals surface area contributed by atoms with Gasteiger partial charge >= 0.3 is 0 Å². The minimum absolute atomic E-state index is 0.0879. The molecule has 0 bridgehead atoms. The first-order chi connectivity index (χ1) is 12.0. The van der Waals surface area contributed by atoms with E-state index in [1.54, 1.807) is 0 Å². The van der Waals surface area contributed by atoms with Crippen LogP contribution in [0.3, 0.4) is 0 Å². The molecule has 0 radical (unpaired) electrons. The highest BCUT2D eigenvalue weighted by Gasteiger charge is 2.08. The molecule has 0 fully saturated rings. The van der Waals surface area contributed by atoms with E-state index in [1.807, 2.05) is 30.3 Å². The van der Waals surface area contributed by atoms with Crippen molar-refractivity contribution in [2.75, 3.05) is 5.73 Å². The predicted octanol–water partition coefficient (Wildman–Crippen LogP) is 2.49. The van der Waals surface area contributed by atoms with Gasteiger partial charge in [-0.25, -0.2) is 10.4 Å². The Morgan fingerprint density at radius 3 is 2.64 bits per heavy atom. The van der Waals surface area contributed by atoms with Crippen molar-refractivity contribution in [3.63, 3.8) is 0 Å². The number of hydrogen-bond acceptors (Lipinski definition) is 6. The van der Waals surface area contributed by atoms with Crippen LogP contribution in [0.15, 0.2) is 59.7 Å². The van der Waals surface area contributed by atoms with Crippen LogP contribution >= 0.6 is 0 Å². The van der Waals surface area contributed by atoms with Crippen molar-refractivity contribution in [1.29, 1.82) is 0 Å². The van der Waals surface area contributed by atoms with Crippen molar-refractivity contribution in [3.05, 3.63) is 75.8 Å². The Balaban J connectivity index is 1.73. The average Bonchev–Trinajstić information content (AvgIpc) is 2.62. The van der Waals surface area contributed by atoms with Gasteiger partial charge in [0.15, 0.2) is 0 Å². The molecule has 0 unspecified atom stereocenters. The molecule has 3 N–H and O–H groups in total. The van der Waals surface area contributed by atoms with Crippen molar-refractivity contribution in [2.45, 2.75) is 0 Å². The molecule has 8 heteroatoms. The van der Waals surface area contributed by atoms with E-state index >= 15 is 0 Å². The molecule has 0 saturated carbocycles. The molecule has 0 aliphatic carbocycles. The van der Waals surface area contributed by atoms with Crippen LogP contribution in [0.25, 0.3) is 10.9 Å². The molecule has 0 aliphatic rings. The van der Waals surface area contributed by atoms with E-state index in [4.69, 9.17) is 5.73 Å². The van der Waals surface area contributed by atoms with E-state index in [2.05, 4.69) is 15.5 Å². The van der Waals surface area contributed by atoms with E-state index in [1.165, 1.54) is 30.5 Å². The number of non-ortho nitro benzene ring substituents is 1. The first-order valence-corrected chi connectivity index (χ1v) is 7.28. The second kappa shape index (κ2) is 6.75. The van der Waals surface area contributed by atoms with E-state index in [0.717, 1.165) is 10.9 Å². The number of fused-ring (bicyclic) bond motifs is 1. The largest absolute Gasteiger partial charge is 0.383 e. The Bertz CT molecular complexity index is 983. The Labute approximate surface area is 142 Å². The van der Waals surface area contributed by atoms with Gasteiger partial charge in [0.25, 0.3) is 11.6 Å². The number of nitro groups is 1. The van der Waals surface area contributed by atoms with Gasteiger partial charge in [-0.05, 0) is 24.3 Å².